The molecule has 1 unspecified atom stereocenters. The average Bonchev–Trinajstić information content (AvgIpc) is 3.34. The van der Waals surface area contributed by atoms with Crippen molar-refractivity contribution in [3.05, 3.63) is 24.3 Å². The number of hydrogen-bond acceptors (Lipinski definition) is 4. The molecule has 114 valence electrons. The van der Waals surface area contributed by atoms with Gasteiger partial charge in [-0.05, 0) is 37.8 Å². The van der Waals surface area contributed by atoms with Gasteiger partial charge in [0.2, 0.25) is 5.91 Å². The van der Waals surface area contributed by atoms with Gasteiger partial charge in [0.05, 0.1) is 30.1 Å². The standard InChI is InChI=1S/C16H23N3O2/c1-16(17,12-6-7-12)15(20)18-13-4-2-3-5-14(13)19-8-10-21-11-9-19/h2-5,12H,6-11,17H2,1H3,(H,18,20). The molecule has 1 aliphatic carbocycles. The van der Waals surface area contributed by atoms with E-state index in [-0.39, 0.29) is 5.91 Å². The summed E-state index contributed by atoms with van der Waals surface area (Å²) >= 11 is 0. The van der Waals surface area contributed by atoms with Gasteiger partial charge >= 0.3 is 0 Å². The van der Waals surface area contributed by atoms with Gasteiger partial charge in [0, 0.05) is 13.1 Å². The first kappa shape index (κ1) is 14.4. The molecule has 0 radical (unpaired) electrons. The van der Waals surface area contributed by atoms with E-state index < -0.39 is 5.54 Å². The van der Waals surface area contributed by atoms with Crippen LogP contribution in [0.25, 0.3) is 0 Å². The van der Waals surface area contributed by atoms with Crippen LogP contribution in [0.15, 0.2) is 24.3 Å². The molecule has 0 bridgehead atoms. The summed E-state index contributed by atoms with van der Waals surface area (Å²) in [6, 6.07) is 7.89. The van der Waals surface area contributed by atoms with Crippen LogP contribution in [0.5, 0.6) is 0 Å². The van der Waals surface area contributed by atoms with Crippen molar-refractivity contribution in [2.75, 3.05) is 36.5 Å². The van der Waals surface area contributed by atoms with Crippen LogP contribution in [0, 0.1) is 5.92 Å². The van der Waals surface area contributed by atoms with Crippen molar-refractivity contribution in [1.82, 2.24) is 0 Å². The molecule has 1 atom stereocenters. The summed E-state index contributed by atoms with van der Waals surface area (Å²) in [5, 5.41) is 3.02. The monoisotopic (exact) mass is 289 g/mol. The molecular formula is C16H23N3O2. The molecule has 0 aromatic heterocycles. The number of rotatable bonds is 4. The number of amides is 1. The maximum absolute atomic E-state index is 12.5. The minimum Gasteiger partial charge on any atom is -0.378 e. The van der Waals surface area contributed by atoms with E-state index in [0.717, 1.165) is 50.5 Å². The lowest BCUT2D eigenvalue weighted by atomic mass is 9.96. The lowest BCUT2D eigenvalue weighted by Crippen LogP contribution is -2.50. The first-order chi connectivity index (χ1) is 10.1. The molecule has 21 heavy (non-hydrogen) atoms. The van der Waals surface area contributed by atoms with Crippen LogP contribution in [-0.2, 0) is 9.53 Å². The Bertz CT molecular complexity index is 520. The summed E-state index contributed by atoms with van der Waals surface area (Å²) in [5.74, 6) is 0.221. The van der Waals surface area contributed by atoms with Gasteiger partial charge in [0.25, 0.3) is 0 Å². The van der Waals surface area contributed by atoms with Crippen molar-refractivity contribution in [2.24, 2.45) is 11.7 Å². The van der Waals surface area contributed by atoms with Crippen LogP contribution in [0.4, 0.5) is 11.4 Å². The fourth-order valence-electron chi connectivity index (χ4n) is 2.78. The van der Waals surface area contributed by atoms with Crippen LogP contribution in [-0.4, -0.2) is 37.7 Å². The van der Waals surface area contributed by atoms with E-state index in [0.29, 0.717) is 5.92 Å². The first-order valence-corrected chi connectivity index (χ1v) is 7.61. The molecule has 0 spiro atoms. The first-order valence-electron chi connectivity index (χ1n) is 7.61. The summed E-state index contributed by atoms with van der Waals surface area (Å²) < 4.78 is 5.39. The molecule has 1 aromatic rings. The second-order valence-electron chi connectivity index (χ2n) is 6.13. The van der Waals surface area contributed by atoms with Gasteiger partial charge in [-0.25, -0.2) is 0 Å². The summed E-state index contributed by atoms with van der Waals surface area (Å²) in [4.78, 5) is 14.7. The summed E-state index contributed by atoms with van der Waals surface area (Å²) in [7, 11) is 0. The molecule has 2 aliphatic rings. The smallest absolute Gasteiger partial charge is 0.244 e. The molecule has 5 heteroatoms. The molecule has 1 heterocycles. The third-order valence-electron chi connectivity index (χ3n) is 4.42. The number of nitrogens with two attached hydrogens (primary N) is 1. The fraction of sp³-hybridized carbons (Fsp3) is 0.562. The quantitative estimate of drug-likeness (QED) is 0.883. The summed E-state index contributed by atoms with van der Waals surface area (Å²) in [5.41, 5.74) is 7.29. The number of benzene rings is 1. The third kappa shape index (κ3) is 3.04. The van der Waals surface area contributed by atoms with E-state index in [4.69, 9.17) is 10.5 Å². The van der Waals surface area contributed by atoms with Crippen molar-refractivity contribution >= 4 is 17.3 Å². The zero-order valence-electron chi connectivity index (χ0n) is 12.5. The van der Waals surface area contributed by atoms with Crippen molar-refractivity contribution in [3.8, 4) is 0 Å². The second kappa shape index (κ2) is 5.66. The van der Waals surface area contributed by atoms with E-state index in [1.165, 1.54) is 0 Å². The highest BCUT2D eigenvalue weighted by molar-refractivity contribution is 6.00. The number of anilines is 2. The number of morpholine rings is 1. The predicted molar refractivity (Wildman–Crippen MR) is 83.4 cm³/mol. The number of hydrogen-bond donors (Lipinski definition) is 2. The van der Waals surface area contributed by atoms with Gasteiger partial charge in [-0.2, -0.15) is 0 Å². The predicted octanol–water partition coefficient (Wildman–Crippen LogP) is 1.59. The van der Waals surface area contributed by atoms with E-state index in [1.54, 1.807) is 0 Å². The third-order valence-corrected chi connectivity index (χ3v) is 4.42. The van der Waals surface area contributed by atoms with E-state index in [2.05, 4.69) is 10.2 Å². The van der Waals surface area contributed by atoms with Crippen molar-refractivity contribution in [3.63, 3.8) is 0 Å². The molecule has 3 N–H and O–H groups in total. The summed E-state index contributed by atoms with van der Waals surface area (Å²) in [6.07, 6.45) is 2.09. The maximum atomic E-state index is 12.5. The molecule has 1 saturated heterocycles. The Kier molecular flexibility index (Phi) is 3.87. The SMILES string of the molecule is CC(N)(C(=O)Nc1ccccc1N1CCOCC1)C1CC1. The highest BCUT2D eigenvalue weighted by Crippen LogP contribution is 2.39. The van der Waals surface area contributed by atoms with Crippen LogP contribution < -0.4 is 16.0 Å². The molecule has 5 nitrogen and oxygen atoms in total. The molecule has 2 fully saturated rings. The molecule has 1 aliphatic heterocycles. The Morgan fingerprint density at radius 3 is 2.67 bits per heavy atom. The van der Waals surface area contributed by atoms with Gasteiger partial charge in [0.15, 0.2) is 0 Å². The highest BCUT2D eigenvalue weighted by atomic mass is 16.5. The van der Waals surface area contributed by atoms with Crippen LogP contribution in [0.3, 0.4) is 0 Å². The highest BCUT2D eigenvalue weighted by Gasteiger charge is 2.44. The average molecular weight is 289 g/mol. The minimum absolute atomic E-state index is 0.0919. The molecule has 1 aromatic carbocycles. The lowest BCUT2D eigenvalue weighted by Gasteiger charge is -2.31. The van der Waals surface area contributed by atoms with Crippen molar-refractivity contribution in [1.29, 1.82) is 0 Å². The molecular weight excluding hydrogens is 266 g/mol. The number of para-hydroxylation sites is 2. The number of carbonyl (C=O) groups excluding carboxylic acids is 1. The van der Waals surface area contributed by atoms with Gasteiger partial charge in [-0.1, -0.05) is 12.1 Å². The van der Waals surface area contributed by atoms with Crippen LogP contribution in [0.2, 0.25) is 0 Å². The van der Waals surface area contributed by atoms with E-state index in [1.807, 2.05) is 31.2 Å². The summed E-state index contributed by atoms with van der Waals surface area (Å²) in [6.45, 7) is 4.96. The van der Waals surface area contributed by atoms with E-state index >= 15 is 0 Å². The maximum Gasteiger partial charge on any atom is 0.244 e. The Hall–Kier alpha value is -1.59. The number of nitrogens with zero attached hydrogens (tertiary/aromatic N) is 1. The normalized spacial score (nSPS) is 21.7. The van der Waals surface area contributed by atoms with Gasteiger partial charge < -0.3 is 20.7 Å². The zero-order chi connectivity index (χ0) is 14.9. The second-order valence-corrected chi connectivity index (χ2v) is 6.13. The molecule has 3 rings (SSSR count). The largest absolute Gasteiger partial charge is 0.378 e. The van der Waals surface area contributed by atoms with Gasteiger partial charge in [-0.15, -0.1) is 0 Å². The Labute approximate surface area is 125 Å². The topological polar surface area (TPSA) is 67.6 Å². The zero-order valence-corrected chi connectivity index (χ0v) is 12.5. The van der Waals surface area contributed by atoms with Gasteiger partial charge in [-0.3, -0.25) is 4.79 Å². The Morgan fingerprint density at radius 1 is 1.33 bits per heavy atom. The Morgan fingerprint density at radius 2 is 2.00 bits per heavy atom. The number of ether oxygens (including phenoxy) is 1. The minimum atomic E-state index is -0.780. The molecule has 1 amide bonds. The Balaban J connectivity index is 1.77. The van der Waals surface area contributed by atoms with Gasteiger partial charge in [0.1, 0.15) is 0 Å². The van der Waals surface area contributed by atoms with Crippen LogP contribution >= 0.6 is 0 Å². The van der Waals surface area contributed by atoms with Crippen molar-refractivity contribution in [2.45, 2.75) is 25.3 Å². The number of carbonyl (C=O) groups is 1. The lowest BCUT2D eigenvalue weighted by molar-refractivity contribution is -0.121. The van der Waals surface area contributed by atoms with Crippen LogP contribution in [0.1, 0.15) is 19.8 Å². The van der Waals surface area contributed by atoms with E-state index in [9.17, 15) is 4.79 Å². The fourth-order valence-corrected chi connectivity index (χ4v) is 2.78. The van der Waals surface area contributed by atoms with Crippen molar-refractivity contribution < 1.29 is 9.53 Å². The number of nitrogens with one attached hydrogen (secondary N) is 1. The molecule has 1 saturated carbocycles.